The Hall–Kier alpha value is -5.81. The molecule has 5 rings (SSSR count). The topological polar surface area (TPSA) is 179 Å². The fourth-order valence-corrected chi connectivity index (χ4v) is 7.74. The Kier molecular flexibility index (Phi) is 17.2. The molecule has 2 aliphatic rings. The number of hydrogen-bond acceptors (Lipinski definition) is 10. The number of benzene rings is 3. The minimum absolute atomic E-state index is 0.0550. The fraction of sp³-hybridized carbons (Fsp3) is 0.500. The minimum atomic E-state index is -1.09. The molecule has 17 heteroatoms. The van der Waals surface area contributed by atoms with Gasteiger partial charge in [0.1, 0.15) is 34.9 Å². The second-order valence-electron chi connectivity index (χ2n) is 17.1. The van der Waals surface area contributed by atoms with E-state index in [9.17, 15) is 18.4 Å². The van der Waals surface area contributed by atoms with Gasteiger partial charge in [0.05, 0.1) is 50.3 Å². The van der Waals surface area contributed by atoms with Crippen molar-refractivity contribution < 1.29 is 37.3 Å². The van der Waals surface area contributed by atoms with E-state index in [2.05, 4.69) is 30.4 Å². The number of piperazine rings is 1. The van der Waals surface area contributed by atoms with Gasteiger partial charge in [-0.1, -0.05) is 19.9 Å². The summed E-state index contributed by atoms with van der Waals surface area (Å²) in [4.78, 5) is 39.3. The molecule has 4 atom stereocenters. The molecule has 15 nitrogen and oxygen atoms in total. The van der Waals surface area contributed by atoms with Crippen molar-refractivity contribution in [1.29, 1.82) is 5.41 Å². The lowest BCUT2D eigenvalue weighted by Crippen LogP contribution is -2.51. The van der Waals surface area contributed by atoms with Crippen LogP contribution in [0.5, 0.6) is 5.75 Å². The van der Waals surface area contributed by atoms with Crippen LogP contribution in [0.2, 0.25) is 0 Å². The second kappa shape index (κ2) is 22.5. The zero-order valence-corrected chi connectivity index (χ0v) is 37.2. The lowest BCUT2D eigenvalue weighted by Gasteiger charge is -2.37. The van der Waals surface area contributed by atoms with E-state index in [-0.39, 0.29) is 36.1 Å². The van der Waals surface area contributed by atoms with Crippen LogP contribution in [0, 0.1) is 28.9 Å². The third kappa shape index (κ3) is 13.8. The molecule has 3 amide bonds. The first-order chi connectivity index (χ1) is 30.1. The van der Waals surface area contributed by atoms with Crippen molar-refractivity contribution >= 4 is 48.2 Å². The van der Waals surface area contributed by atoms with Crippen molar-refractivity contribution in [2.24, 2.45) is 27.6 Å². The van der Waals surface area contributed by atoms with Crippen molar-refractivity contribution in [3.05, 3.63) is 83.9 Å². The van der Waals surface area contributed by atoms with Gasteiger partial charge < -0.3 is 45.1 Å². The van der Waals surface area contributed by atoms with E-state index in [0.717, 1.165) is 56.3 Å². The number of aliphatic imine (C=N–C) groups is 2. The number of halogens is 2. The maximum absolute atomic E-state index is 14.9. The quantitative estimate of drug-likeness (QED) is 0.0556. The van der Waals surface area contributed by atoms with Crippen LogP contribution in [0.25, 0.3) is 0 Å². The molecule has 2 saturated heterocycles. The molecule has 0 aliphatic carbocycles. The number of ether oxygens (including phenoxy) is 4. The summed E-state index contributed by atoms with van der Waals surface area (Å²) in [6, 6.07) is 18.3. The summed E-state index contributed by atoms with van der Waals surface area (Å²) in [7, 11) is 0. The molecule has 0 spiro atoms. The molecule has 5 N–H and O–H groups in total. The molecular weight excluding hydrogens is 813 g/mol. The summed E-state index contributed by atoms with van der Waals surface area (Å²) < 4.78 is 52.3. The van der Waals surface area contributed by atoms with Gasteiger partial charge in [0.25, 0.3) is 0 Å². The summed E-state index contributed by atoms with van der Waals surface area (Å²) in [5.74, 6) is -0.646. The van der Waals surface area contributed by atoms with Crippen molar-refractivity contribution in [2.75, 3.05) is 73.8 Å². The van der Waals surface area contributed by atoms with Crippen LogP contribution in [0.4, 0.5) is 35.4 Å². The van der Waals surface area contributed by atoms with Gasteiger partial charge in [0, 0.05) is 68.3 Å². The zero-order chi connectivity index (χ0) is 45.6. The number of carbonyl (C=O) groups excluding carboxylic acids is 2. The molecule has 0 radical (unpaired) electrons. The van der Waals surface area contributed by atoms with Crippen molar-refractivity contribution in [2.45, 2.75) is 77.7 Å². The first-order valence-corrected chi connectivity index (χ1v) is 21.4. The third-order valence-electron chi connectivity index (χ3n) is 10.9. The molecule has 0 saturated carbocycles. The van der Waals surface area contributed by atoms with Gasteiger partial charge in [-0.15, -0.1) is 0 Å². The predicted octanol–water partition coefficient (Wildman–Crippen LogP) is 7.09. The van der Waals surface area contributed by atoms with Crippen molar-refractivity contribution in [3.63, 3.8) is 0 Å². The number of urea groups is 1. The van der Waals surface area contributed by atoms with Crippen LogP contribution in [0.15, 0.2) is 76.7 Å². The van der Waals surface area contributed by atoms with Crippen LogP contribution in [-0.4, -0.2) is 108 Å². The Morgan fingerprint density at radius 2 is 1.67 bits per heavy atom. The lowest BCUT2D eigenvalue weighted by atomic mass is 9.87. The molecule has 2 aliphatic heterocycles. The molecule has 4 unspecified atom stereocenters. The molecule has 3 aromatic rings. The highest BCUT2D eigenvalue weighted by molar-refractivity contribution is 6.06. The Morgan fingerprint density at radius 1 is 1.02 bits per heavy atom. The fourth-order valence-electron chi connectivity index (χ4n) is 7.74. The van der Waals surface area contributed by atoms with Gasteiger partial charge >= 0.3 is 12.1 Å². The summed E-state index contributed by atoms with van der Waals surface area (Å²) in [6.07, 6.45) is 3.63. The Labute approximate surface area is 369 Å². The smallest absolute Gasteiger partial charge is 0.407 e. The first kappa shape index (κ1) is 48.2. The van der Waals surface area contributed by atoms with Crippen LogP contribution in [0.1, 0.15) is 59.9 Å². The number of nitrogens with one attached hydrogen (secondary N) is 3. The van der Waals surface area contributed by atoms with Gasteiger partial charge in [-0.05, 0) is 101 Å². The summed E-state index contributed by atoms with van der Waals surface area (Å²) >= 11 is 0. The van der Waals surface area contributed by atoms with Crippen LogP contribution < -0.4 is 35.8 Å². The second-order valence-corrected chi connectivity index (χ2v) is 17.1. The highest BCUT2D eigenvalue weighted by atomic mass is 19.1. The van der Waals surface area contributed by atoms with Gasteiger partial charge in [-0.2, -0.15) is 0 Å². The maximum atomic E-state index is 14.9. The highest BCUT2D eigenvalue weighted by Gasteiger charge is 2.44. The Bertz CT molecular complexity index is 2010. The lowest BCUT2D eigenvalue weighted by molar-refractivity contribution is 0.00415. The van der Waals surface area contributed by atoms with Crippen LogP contribution in [-0.2, 0) is 19.8 Å². The first-order valence-electron chi connectivity index (χ1n) is 21.4. The maximum Gasteiger partial charge on any atom is 0.407 e. The van der Waals surface area contributed by atoms with E-state index >= 15 is 0 Å². The van der Waals surface area contributed by atoms with Gasteiger partial charge in [0.15, 0.2) is 0 Å². The van der Waals surface area contributed by atoms with Crippen LogP contribution >= 0.6 is 0 Å². The number of nitrogens with two attached hydrogens (primary N) is 1. The molecule has 2 heterocycles. The molecular formula is C46H63F2N9O6. The third-order valence-corrected chi connectivity index (χ3v) is 10.9. The Balaban J connectivity index is 1.07. The molecule has 3 aromatic carbocycles. The molecule has 2 fully saturated rings. The van der Waals surface area contributed by atoms with E-state index in [1.54, 1.807) is 0 Å². The number of nitrogens with zero attached hydrogens (tertiary/aromatic N) is 5. The largest absolute Gasteiger partial charge is 0.493 e. The van der Waals surface area contributed by atoms with Crippen molar-refractivity contribution in [3.8, 4) is 5.75 Å². The van der Waals surface area contributed by atoms with E-state index in [1.807, 2.05) is 90.1 Å². The number of carbonyl (C=O) groups is 2. The monoisotopic (exact) mass is 875 g/mol. The summed E-state index contributed by atoms with van der Waals surface area (Å²) in [6.45, 7) is 16.1. The number of alkyl carbamates (subject to hydrolysis) is 1. The zero-order valence-electron chi connectivity index (χ0n) is 37.2. The SMILES string of the molecule is CC(C)C(NC(=O)N(C=N)c1ccc(N2CCN(c3ccc(OCC4COC(CN=CN=CN)(c5ccc(F)cc5F)C4)cc3)CC2)cc1)C(C)OCCCNC(=O)OC(C)(C)C. The number of anilines is 3. The highest BCUT2D eigenvalue weighted by Crippen LogP contribution is 2.41. The average molecular weight is 876 g/mol. The normalized spacial score (nSPS) is 19.0. The van der Waals surface area contributed by atoms with Gasteiger partial charge in [-0.25, -0.2) is 23.4 Å². The number of hydrogen-bond donors (Lipinski definition) is 4. The van der Waals surface area contributed by atoms with Gasteiger partial charge in [-0.3, -0.25) is 15.3 Å². The molecule has 0 aromatic heterocycles. The average Bonchev–Trinajstić information content (AvgIpc) is 3.67. The minimum Gasteiger partial charge on any atom is -0.493 e. The van der Waals surface area contributed by atoms with Crippen LogP contribution in [0.3, 0.4) is 0 Å². The predicted molar refractivity (Wildman–Crippen MR) is 244 cm³/mol. The molecule has 0 bridgehead atoms. The van der Waals surface area contributed by atoms with E-state index in [4.69, 9.17) is 30.1 Å². The van der Waals surface area contributed by atoms with Crippen molar-refractivity contribution in [1.82, 2.24) is 10.6 Å². The summed E-state index contributed by atoms with van der Waals surface area (Å²) in [5.41, 5.74) is 6.56. The number of rotatable bonds is 19. The number of amides is 3. The van der Waals surface area contributed by atoms with E-state index in [1.165, 1.54) is 23.4 Å². The van der Waals surface area contributed by atoms with E-state index in [0.29, 0.717) is 50.6 Å². The Morgan fingerprint density at radius 3 is 2.25 bits per heavy atom. The standard InChI is InChI=1S/C46H63F2N9O6/c1-32(2)42(33(3)60-23-7-18-53-44(59)63-45(4,5)6)54-43(58)57(30-50)38-11-9-36(10-12-38)55-19-21-56(22-20-55)37-13-15-39(16-14-37)61-26-34-25-46(62-27-34,28-51-31-52-29-49)40-17-8-35(47)24-41(40)48/h8-17,24,29-34,42,50H,7,18-23,25-28H2,1-6H3,(H,53,59)(H,54,58)(H2,49,51,52). The summed E-state index contributed by atoms with van der Waals surface area (Å²) in [5, 5.41) is 13.8. The molecule has 63 heavy (non-hydrogen) atoms. The van der Waals surface area contributed by atoms with Gasteiger partial charge in [0.2, 0.25) is 0 Å². The molecule has 342 valence electrons. The van der Waals surface area contributed by atoms with E-state index < -0.39 is 35.0 Å².